The van der Waals surface area contributed by atoms with Gasteiger partial charge in [0.2, 0.25) is 0 Å². The van der Waals surface area contributed by atoms with E-state index in [1.165, 1.54) is 0 Å². The van der Waals surface area contributed by atoms with E-state index in [0.29, 0.717) is 18.0 Å². The van der Waals surface area contributed by atoms with E-state index in [-0.39, 0.29) is 4.90 Å². The molecule has 0 fully saturated rings. The van der Waals surface area contributed by atoms with Gasteiger partial charge in [-0.05, 0) is 35.0 Å². The first-order valence-electron chi connectivity index (χ1n) is 7.44. The van der Waals surface area contributed by atoms with Gasteiger partial charge in [0, 0.05) is 6.07 Å². The van der Waals surface area contributed by atoms with Crippen molar-refractivity contribution in [2.75, 3.05) is 11.3 Å². The fourth-order valence-electron chi connectivity index (χ4n) is 2.35. The molecule has 0 atom stereocenters. The number of benzene rings is 3. The Labute approximate surface area is 141 Å². The van der Waals surface area contributed by atoms with Crippen molar-refractivity contribution in [2.24, 2.45) is 0 Å². The van der Waals surface area contributed by atoms with Gasteiger partial charge in [-0.2, -0.15) is 0 Å². The zero-order chi connectivity index (χ0) is 17.0. The second kappa shape index (κ2) is 6.76. The van der Waals surface area contributed by atoms with Gasteiger partial charge in [0.15, 0.2) is 0 Å². The van der Waals surface area contributed by atoms with Gasteiger partial charge in [0.25, 0.3) is 10.0 Å². The van der Waals surface area contributed by atoms with Crippen LogP contribution < -0.4 is 9.46 Å². The Morgan fingerprint density at radius 2 is 1.75 bits per heavy atom. The molecule has 122 valence electrons. The number of hydrogen-bond acceptors (Lipinski definition) is 3. The van der Waals surface area contributed by atoms with Gasteiger partial charge in [0.1, 0.15) is 12.4 Å². The number of fused-ring (bicyclic) bond motifs is 1. The van der Waals surface area contributed by atoms with Gasteiger partial charge in [0.05, 0.1) is 10.6 Å². The standard InChI is InChI=1S/C19H17NO3S/c1-2-12-23-18-9-5-8-17(14-18)20-24(21,22)19-11-10-15-6-3-4-7-16(15)13-19/h2-11,13-14,20H,1,12H2. The van der Waals surface area contributed by atoms with Crippen molar-refractivity contribution in [2.45, 2.75) is 4.90 Å². The number of anilines is 1. The minimum absolute atomic E-state index is 0.221. The Balaban J connectivity index is 1.88. The molecule has 0 radical (unpaired) electrons. The van der Waals surface area contributed by atoms with Crippen LogP contribution in [0, 0.1) is 0 Å². The van der Waals surface area contributed by atoms with E-state index in [1.807, 2.05) is 24.3 Å². The monoisotopic (exact) mass is 339 g/mol. The molecule has 0 aliphatic rings. The zero-order valence-corrected chi connectivity index (χ0v) is 13.8. The van der Waals surface area contributed by atoms with Crippen LogP contribution >= 0.6 is 0 Å². The quantitative estimate of drug-likeness (QED) is 0.685. The van der Waals surface area contributed by atoms with E-state index in [1.54, 1.807) is 48.5 Å². The fraction of sp³-hybridized carbons (Fsp3) is 0.0526. The second-order valence-electron chi connectivity index (χ2n) is 5.24. The lowest BCUT2D eigenvalue weighted by Crippen LogP contribution is -2.13. The maximum absolute atomic E-state index is 12.6. The largest absolute Gasteiger partial charge is 0.489 e. The number of nitrogens with one attached hydrogen (secondary N) is 1. The Morgan fingerprint density at radius 1 is 0.958 bits per heavy atom. The molecule has 0 aliphatic heterocycles. The topological polar surface area (TPSA) is 55.4 Å². The molecule has 0 spiro atoms. The lowest BCUT2D eigenvalue weighted by atomic mass is 10.1. The molecule has 0 heterocycles. The maximum Gasteiger partial charge on any atom is 0.261 e. The molecular formula is C19H17NO3S. The molecule has 1 N–H and O–H groups in total. The first-order chi connectivity index (χ1) is 11.6. The highest BCUT2D eigenvalue weighted by Gasteiger charge is 2.15. The van der Waals surface area contributed by atoms with Crippen molar-refractivity contribution in [1.29, 1.82) is 0 Å². The molecule has 0 amide bonds. The third kappa shape index (κ3) is 3.58. The summed E-state index contributed by atoms with van der Waals surface area (Å²) < 4.78 is 33.2. The van der Waals surface area contributed by atoms with Gasteiger partial charge >= 0.3 is 0 Å². The molecule has 0 saturated heterocycles. The highest BCUT2D eigenvalue weighted by molar-refractivity contribution is 7.92. The summed E-state index contributed by atoms with van der Waals surface area (Å²) in [6, 6.07) is 19.5. The zero-order valence-electron chi connectivity index (χ0n) is 13.0. The van der Waals surface area contributed by atoms with E-state index >= 15 is 0 Å². The van der Waals surface area contributed by atoms with Crippen molar-refractivity contribution in [3.8, 4) is 5.75 Å². The molecule has 3 aromatic carbocycles. The summed E-state index contributed by atoms with van der Waals surface area (Å²) >= 11 is 0. The van der Waals surface area contributed by atoms with Crippen molar-refractivity contribution < 1.29 is 13.2 Å². The minimum atomic E-state index is -3.67. The molecule has 24 heavy (non-hydrogen) atoms. The smallest absolute Gasteiger partial charge is 0.261 e. The summed E-state index contributed by atoms with van der Waals surface area (Å²) in [6.45, 7) is 3.95. The van der Waals surface area contributed by atoms with Crippen LogP contribution in [0.3, 0.4) is 0 Å². The minimum Gasteiger partial charge on any atom is -0.489 e. The second-order valence-corrected chi connectivity index (χ2v) is 6.92. The van der Waals surface area contributed by atoms with Crippen LogP contribution in [0.5, 0.6) is 5.75 Å². The molecule has 0 aliphatic carbocycles. The maximum atomic E-state index is 12.6. The molecule has 0 saturated carbocycles. The SMILES string of the molecule is C=CCOc1cccc(NS(=O)(=O)c2ccc3ccccc3c2)c1. The summed E-state index contributed by atoms with van der Waals surface area (Å²) in [5, 5.41) is 1.87. The first-order valence-corrected chi connectivity index (χ1v) is 8.92. The van der Waals surface area contributed by atoms with Crippen molar-refractivity contribution in [3.63, 3.8) is 0 Å². The summed E-state index contributed by atoms with van der Waals surface area (Å²) in [5.41, 5.74) is 0.449. The van der Waals surface area contributed by atoms with Crippen LogP contribution in [0.15, 0.2) is 84.3 Å². The molecular weight excluding hydrogens is 322 g/mol. The Hall–Kier alpha value is -2.79. The lowest BCUT2D eigenvalue weighted by Gasteiger charge is -2.10. The molecule has 0 bridgehead atoms. The number of rotatable bonds is 6. The first kappa shape index (κ1) is 16.1. The summed E-state index contributed by atoms with van der Waals surface area (Å²) in [7, 11) is -3.67. The predicted octanol–water partition coefficient (Wildman–Crippen LogP) is 4.21. The Morgan fingerprint density at radius 3 is 2.54 bits per heavy atom. The van der Waals surface area contributed by atoms with E-state index in [9.17, 15) is 8.42 Å². The summed E-state index contributed by atoms with van der Waals surface area (Å²) in [4.78, 5) is 0.221. The van der Waals surface area contributed by atoms with Crippen molar-refractivity contribution in [1.82, 2.24) is 0 Å². The highest BCUT2D eigenvalue weighted by Crippen LogP contribution is 2.23. The van der Waals surface area contributed by atoms with Crippen LogP contribution in [-0.4, -0.2) is 15.0 Å². The van der Waals surface area contributed by atoms with Crippen LogP contribution in [0.4, 0.5) is 5.69 Å². The van der Waals surface area contributed by atoms with Gasteiger partial charge in [-0.3, -0.25) is 4.72 Å². The molecule has 3 rings (SSSR count). The molecule has 0 aromatic heterocycles. The van der Waals surface area contributed by atoms with Crippen molar-refractivity contribution >= 4 is 26.5 Å². The summed E-state index contributed by atoms with van der Waals surface area (Å²) in [6.07, 6.45) is 1.63. The Bertz CT molecular complexity index is 981. The molecule has 5 heteroatoms. The number of hydrogen-bond donors (Lipinski definition) is 1. The lowest BCUT2D eigenvalue weighted by molar-refractivity contribution is 0.363. The third-order valence-corrected chi connectivity index (χ3v) is 4.86. The van der Waals surface area contributed by atoms with Gasteiger partial charge in [-0.1, -0.05) is 49.1 Å². The van der Waals surface area contributed by atoms with E-state index in [2.05, 4.69) is 11.3 Å². The molecule has 3 aromatic rings. The van der Waals surface area contributed by atoms with Crippen LogP contribution in [-0.2, 0) is 10.0 Å². The fourth-order valence-corrected chi connectivity index (χ4v) is 3.44. The van der Waals surface area contributed by atoms with E-state index in [0.717, 1.165) is 10.8 Å². The predicted molar refractivity (Wildman–Crippen MR) is 96.9 cm³/mol. The third-order valence-electron chi connectivity index (χ3n) is 3.49. The van der Waals surface area contributed by atoms with E-state index < -0.39 is 10.0 Å². The van der Waals surface area contributed by atoms with Gasteiger partial charge < -0.3 is 4.74 Å². The average molecular weight is 339 g/mol. The van der Waals surface area contributed by atoms with Crippen molar-refractivity contribution in [3.05, 3.63) is 79.4 Å². The summed E-state index contributed by atoms with van der Waals surface area (Å²) in [5.74, 6) is 0.577. The molecule has 4 nitrogen and oxygen atoms in total. The number of ether oxygens (including phenoxy) is 1. The van der Waals surface area contributed by atoms with Gasteiger partial charge in [-0.25, -0.2) is 8.42 Å². The highest BCUT2D eigenvalue weighted by atomic mass is 32.2. The molecule has 0 unspecified atom stereocenters. The number of sulfonamides is 1. The van der Waals surface area contributed by atoms with Gasteiger partial charge in [-0.15, -0.1) is 0 Å². The van der Waals surface area contributed by atoms with E-state index in [4.69, 9.17) is 4.74 Å². The van der Waals surface area contributed by atoms with Crippen LogP contribution in [0.25, 0.3) is 10.8 Å². The van der Waals surface area contributed by atoms with Crippen LogP contribution in [0.2, 0.25) is 0 Å². The Kier molecular flexibility index (Phi) is 4.53. The van der Waals surface area contributed by atoms with Crippen LogP contribution in [0.1, 0.15) is 0 Å². The normalized spacial score (nSPS) is 11.2. The average Bonchev–Trinajstić information content (AvgIpc) is 2.59.